The Balaban J connectivity index is 1.82. The van der Waals surface area contributed by atoms with E-state index in [1.54, 1.807) is 11.1 Å². The van der Waals surface area contributed by atoms with Gasteiger partial charge in [-0.25, -0.2) is 0 Å². The average molecular weight is 272 g/mol. The Kier molecular flexibility index (Phi) is 4.42. The second-order valence-electron chi connectivity index (χ2n) is 6.62. The van der Waals surface area contributed by atoms with Crippen LogP contribution in [0.3, 0.4) is 0 Å². The molecule has 2 N–H and O–H groups in total. The summed E-state index contributed by atoms with van der Waals surface area (Å²) in [5.74, 6) is 0.697. The van der Waals surface area contributed by atoms with Crippen molar-refractivity contribution in [1.29, 1.82) is 0 Å². The van der Waals surface area contributed by atoms with Gasteiger partial charge in [-0.2, -0.15) is 0 Å². The molecule has 3 atom stereocenters. The van der Waals surface area contributed by atoms with Crippen LogP contribution < -0.4 is 5.73 Å². The first kappa shape index (κ1) is 14.1. The summed E-state index contributed by atoms with van der Waals surface area (Å²) >= 11 is 0. The third-order valence-corrected chi connectivity index (χ3v) is 5.52. The molecular formula is C18H28N2. The third-order valence-electron chi connectivity index (χ3n) is 5.52. The normalized spacial score (nSPS) is 30.2. The highest BCUT2D eigenvalue weighted by molar-refractivity contribution is 5.32. The lowest BCUT2D eigenvalue weighted by Gasteiger charge is -2.43. The highest BCUT2D eigenvalue weighted by atomic mass is 15.2. The molecule has 0 amide bonds. The predicted molar refractivity (Wildman–Crippen MR) is 84.7 cm³/mol. The summed E-state index contributed by atoms with van der Waals surface area (Å²) in [6.45, 7) is 0.851. The van der Waals surface area contributed by atoms with Gasteiger partial charge in [0.1, 0.15) is 0 Å². The number of hydrogen-bond donors (Lipinski definition) is 1. The van der Waals surface area contributed by atoms with E-state index in [-0.39, 0.29) is 0 Å². The molecule has 1 fully saturated rings. The van der Waals surface area contributed by atoms with E-state index in [9.17, 15) is 0 Å². The van der Waals surface area contributed by atoms with Crippen molar-refractivity contribution in [3.63, 3.8) is 0 Å². The molecule has 0 saturated heterocycles. The van der Waals surface area contributed by atoms with Gasteiger partial charge in [0.05, 0.1) is 0 Å². The lowest BCUT2D eigenvalue weighted by Crippen LogP contribution is -2.45. The van der Waals surface area contributed by atoms with Crippen molar-refractivity contribution in [2.45, 2.75) is 57.0 Å². The molecule has 0 aliphatic heterocycles. The van der Waals surface area contributed by atoms with Gasteiger partial charge in [0.25, 0.3) is 0 Å². The molecule has 0 bridgehead atoms. The summed E-state index contributed by atoms with van der Waals surface area (Å²) < 4.78 is 0. The van der Waals surface area contributed by atoms with E-state index in [1.165, 1.54) is 44.9 Å². The molecule has 1 aromatic carbocycles. The number of nitrogens with two attached hydrogens (primary N) is 1. The first-order valence-electron chi connectivity index (χ1n) is 8.31. The molecule has 0 radical (unpaired) electrons. The first-order valence-corrected chi connectivity index (χ1v) is 8.31. The number of hydrogen-bond acceptors (Lipinski definition) is 2. The zero-order chi connectivity index (χ0) is 13.9. The lowest BCUT2D eigenvalue weighted by atomic mass is 9.80. The van der Waals surface area contributed by atoms with Crippen LogP contribution >= 0.6 is 0 Å². The van der Waals surface area contributed by atoms with Gasteiger partial charge in [-0.3, -0.25) is 4.90 Å². The van der Waals surface area contributed by atoms with Crippen LogP contribution in [0.4, 0.5) is 0 Å². The highest BCUT2D eigenvalue weighted by Gasteiger charge is 2.33. The second-order valence-corrected chi connectivity index (χ2v) is 6.62. The Morgan fingerprint density at radius 1 is 1.10 bits per heavy atom. The molecule has 0 spiro atoms. The molecule has 1 aromatic rings. The maximum Gasteiger partial charge on any atom is 0.0350 e. The Morgan fingerprint density at radius 2 is 1.90 bits per heavy atom. The fourth-order valence-corrected chi connectivity index (χ4v) is 4.38. The molecule has 3 unspecified atom stereocenters. The monoisotopic (exact) mass is 272 g/mol. The van der Waals surface area contributed by atoms with Crippen molar-refractivity contribution in [3.05, 3.63) is 35.4 Å². The molecule has 2 nitrogen and oxygen atoms in total. The summed E-state index contributed by atoms with van der Waals surface area (Å²) in [6, 6.07) is 10.3. The fourth-order valence-electron chi connectivity index (χ4n) is 4.38. The molecule has 1 saturated carbocycles. The predicted octanol–water partition coefficient (Wildman–Crippen LogP) is 3.51. The number of rotatable bonds is 3. The van der Waals surface area contributed by atoms with Crippen LogP contribution in [0, 0.1) is 5.92 Å². The van der Waals surface area contributed by atoms with Gasteiger partial charge >= 0.3 is 0 Å². The van der Waals surface area contributed by atoms with Crippen molar-refractivity contribution < 1.29 is 0 Å². The van der Waals surface area contributed by atoms with Crippen molar-refractivity contribution in [2.24, 2.45) is 11.7 Å². The van der Waals surface area contributed by atoms with Crippen molar-refractivity contribution in [3.8, 4) is 0 Å². The van der Waals surface area contributed by atoms with Crippen LogP contribution in [-0.4, -0.2) is 24.5 Å². The van der Waals surface area contributed by atoms with E-state index in [2.05, 4.69) is 36.2 Å². The van der Waals surface area contributed by atoms with Crippen LogP contribution in [0.2, 0.25) is 0 Å². The number of nitrogens with zero attached hydrogens (tertiary/aromatic N) is 1. The Labute approximate surface area is 123 Å². The summed E-state index contributed by atoms with van der Waals surface area (Å²) in [5.41, 5.74) is 9.17. The summed E-state index contributed by atoms with van der Waals surface area (Å²) in [5, 5.41) is 0. The molecular weight excluding hydrogens is 244 g/mol. The minimum atomic E-state index is 0.608. The third kappa shape index (κ3) is 2.64. The number of aryl methyl sites for hydroxylation is 1. The zero-order valence-corrected chi connectivity index (χ0v) is 12.7. The Morgan fingerprint density at radius 3 is 2.75 bits per heavy atom. The maximum atomic E-state index is 6.03. The standard InChI is InChI=1S/C18H28N2/c1-20(17-11-5-3-8-15(17)13-19)18-12-6-9-14-7-2-4-10-16(14)18/h2,4,7,10,15,17-18H,3,5-6,8-9,11-13,19H2,1H3. The number of fused-ring (bicyclic) bond motifs is 1. The molecule has 2 aliphatic carbocycles. The van der Waals surface area contributed by atoms with E-state index >= 15 is 0 Å². The molecule has 2 heteroatoms. The largest absolute Gasteiger partial charge is 0.330 e. The van der Waals surface area contributed by atoms with Gasteiger partial charge in [0.15, 0.2) is 0 Å². The maximum absolute atomic E-state index is 6.03. The van der Waals surface area contributed by atoms with Gasteiger partial charge in [-0.1, -0.05) is 37.1 Å². The quantitative estimate of drug-likeness (QED) is 0.912. The SMILES string of the molecule is CN(C1CCCc2ccccc21)C1CCCCC1CN. The first-order chi connectivity index (χ1) is 9.81. The fraction of sp³-hybridized carbons (Fsp3) is 0.667. The molecule has 0 aromatic heterocycles. The molecule has 2 aliphatic rings. The second kappa shape index (κ2) is 6.28. The minimum Gasteiger partial charge on any atom is -0.330 e. The molecule has 3 rings (SSSR count). The zero-order valence-electron chi connectivity index (χ0n) is 12.7. The van der Waals surface area contributed by atoms with Crippen molar-refractivity contribution in [1.82, 2.24) is 4.90 Å². The Hall–Kier alpha value is -0.860. The van der Waals surface area contributed by atoms with Crippen LogP contribution in [0.5, 0.6) is 0 Å². The smallest absolute Gasteiger partial charge is 0.0350 e. The van der Waals surface area contributed by atoms with Crippen LogP contribution in [-0.2, 0) is 6.42 Å². The number of benzene rings is 1. The Bertz CT molecular complexity index is 443. The van der Waals surface area contributed by atoms with Crippen molar-refractivity contribution in [2.75, 3.05) is 13.6 Å². The van der Waals surface area contributed by atoms with E-state index in [4.69, 9.17) is 5.73 Å². The topological polar surface area (TPSA) is 29.3 Å². The summed E-state index contributed by atoms with van der Waals surface area (Å²) in [6.07, 6.45) is 9.28. The van der Waals surface area contributed by atoms with E-state index in [0.717, 1.165) is 6.54 Å². The van der Waals surface area contributed by atoms with Gasteiger partial charge < -0.3 is 5.73 Å². The van der Waals surface area contributed by atoms with E-state index in [0.29, 0.717) is 18.0 Å². The van der Waals surface area contributed by atoms with Gasteiger partial charge in [0, 0.05) is 12.1 Å². The molecule has 0 heterocycles. The van der Waals surface area contributed by atoms with Crippen molar-refractivity contribution >= 4 is 0 Å². The highest BCUT2D eigenvalue weighted by Crippen LogP contribution is 2.38. The van der Waals surface area contributed by atoms with Crippen LogP contribution in [0.25, 0.3) is 0 Å². The summed E-state index contributed by atoms with van der Waals surface area (Å²) in [7, 11) is 2.34. The minimum absolute atomic E-state index is 0.608. The van der Waals surface area contributed by atoms with E-state index < -0.39 is 0 Å². The summed E-state index contributed by atoms with van der Waals surface area (Å²) in [4.78, 5) is 2.66. The molecule has 110 valence electrons. The van der Waals surface area contributed by atoms with Gasteiger partial charge in [-0.15, -0.1) is 0 Å². The van der Waals surface area contributed by atoms with Gasteiger partial charge in [0.2, 0.25) is 0 Å². The van der Waals surface area contributed by atoms with Crippen LogP contribution in [0.1, 0.15) is 55.7 Å². The van der Waals surface area contributed by atoms with Gasteiger partial charge in [-0.05, 0) is 62.7 Å². The van der Waals surface area contributed by atoms with Crippen LogP contribution in [0.15, 0.2) is 24.3 Å². The lowest BCUT2D eigenvalue weighted by molar-refractivity contribution is 0.0833. The average Bonchev–Trinajstić information content (AvgIpc) is 2.53. The molecule has 20 heavy (non-hydrogen) atoms. The van der Waals surface area contributed by atoms with E-state index in [1.807, 2.05) is 0 Å².